The number of nitrogens with one attached hydrogen (secondary N) is 1. The van der Waals surface area contributed by atoms with Gasteiger partial charge in [-0.1, -0.05) is 24.3 Å². The first kappa shape index (κ1) is 21.3. The average molecular weight is 417 g/mol. The van der Waals surface area contributed by atoms with Gasteiger partial charge in [0.25, 0.3) is 0 Å². The molecule has 7 nitrogen and oxygen atoms in total. The third-order valence-corrected chi connectivity index (χ3v) is 7.05. The summed E-state index contributed by atoms with van der Waals surface area (Å²) in [5, 5.41) is 2.86. The fraction of sp³-hybridized carbons (Fsp3) is 0.381. The van der Waals surface area contributed by atoms with Crippen LogP contribution >= 0.6 is 0 Å². The Morgan fingerprint density at radius 3 is 2.28 bits per heavy atom. The van der Waals surface area contributed by atoms with Gasteiger partial charge in [0, 0.05) is 51.6 Å². The molecule has 1 heterocycles. The number of para-hydroxylation sites is 1. The highest BCUT2D eigenvalue weighted by atomic mass is 32.2. The van der Waals surface area contributed by atoms with E-state index in [9.17, 15) is 13.2 Å². The Bertz CT molecular complexity index is 939. The lowest BCUT2D eigenvalue weighted by atomic mass is 10.2. The van der Waals surface area contributed by atoms with Crippen molar-refractivity contribution in [3.8, 4) is 0 Å². The average Bonchev–Trinajstić information content (AvgIpc) is 2.74. The Kier molecular flexibility index (Phi) is 6.56. The third kappa shape index (κ3) is 4.95. The van der Waals surface area contributed by atoms with Crippen molar-refractivity contribution in [2.45, 2.75) is 17.9 Å². The van der Waals surface area contributed by atoms with Crippen molar-refractivity contribution in [1.82, 2.24) is 9.21 Å². The minimum absolute atomic E-state index is 0.141. The minimum atomic E-state index is -3.54. The van der Waals surface area contributed by atoms with Gasteiger partial charge in [-0.2, -0.15) is 0 Å². The van der Waals surface area contributed by atoms with Crippen molar-refractivity contribution in [3.63, 3.8) is 0 Å². The molecule has 1 atom stereocenters. The molecule has 1 saturated heterocycles. The maximum absolute atomic E-state index is 12.7. The zero-order valence-electron chi connectivity index (χ0n) is 17.1. The molecule has 1 aliphatic heterocycles. The van der Waals surface area contributed by atoms with E-state index in [1.165, 1.54) is 31.9 Å². The van der Waals surface area contributed by atoms with Gasteiger partial charge in [-0.3, -0.25) is 9.69 Å². The second-order valence-electron chi connectivity index (χ2n) is 7.34. The smallest absolute Gasteiger partial charge is 0.242 e. The van der Waals surface area contributed by atoms with Crippen LogP contribution in [0.25, 0.3) is 0 Å². The summed E-state index contributed by atoms with van der Waals surface area (Å²) in [5.41, 5.74) is 1.68. The molecular weight excluding hydrogens is 388 g/mol. The van der Waals surface area contributed by atoms with Crippen molar-refractivity contribution in [2.24, 2.45) is 0 Å². The van der Waals surface area contributed by atoms with Crippen LogP contribution in [0.5, 0.6) is 0 Å². The molecule has 29 heavy (non-hydrogen) atoms. The molecule has 0 radical (unpaired) electrons. The fourth-order valence-electron chi connectivity index (χ4n) is 3.36. The first-order valence-electron chi connectivity index (χ1n) is 9.66. The number of rotatable bonds is 6. The summed E-state index contributed by atoms with van der Waals surface area (Å²) in [6.07, 6.45) is 0. The summed E-state index contributed by atoms with van der Waals surface area (Å²) in [5.74, 6) is -0.141. The number of benzene rings is 2. The standard InChI is InChI=1S/C21H28N4O3S/c1-17(24-12-14-25(15-13-24)19-9-5-4-6-10-19)21(26)22-18-8-7-11-20(16-18)29(27,28)23(2)3/h4-11,16-17H,12-15H2,1-3H3,(H,22,26). The lowest BCUT2D eigenvalue weighted by Gasteiger charge is -2.38. The third-order valence-electron chi connectivity index (χ3n) is 5.24. The lowest BCUT2D eigenvalue weighted by Crippen LogP contribution is -2.52. The van der Waals surface area contributed by atoms with Gasteiger partial charge in [-0.05, 0) is 37.3 Å². The molecule has 1 fully saturated rings. The molecule has 2 aromatic carbocycles. The summed E-state index contributed by atoms with van der Waals surface area (Å²) < 4.78 is 25.8. The monoisotopic (exact) mass is 416 g/mol. The van der Waals surface area contributed by atoms with E-state index in [-0.39, 0.29) is 16.8 Å². The molecule has 1 unspecified atom stereocenters. The van der Waals surface area contributed by atoms with Crippen LogP contribution in [0.4, 0.5) is 11.4 Å². The summed E-state index contributed by atoms with van der Waals surface area (Å²) in [6.45, 7) is 5.18. The van der Waals surface area contributed by atoms with E-state index >= 15 is 0 Å². The molecule has 0 aliphatic carbocycles. The zero-order chi connectivity index (χ0) is 21.0. The molecule has 1 aliphatic rings. The first-order chi connectivity index (χ1) is 13.8. The summed E-state index contributed by atoms with van der Waals surface area (Å²) in [6, 6.07) is 16.3. The normalized spacial score (nSPS) is 16.6. The molecule has 3 rings (SSSR count). The summed E-state index contributed by atoms with van der Waals surface area (Å²) in [7, 11) is -0.575. The molecule has 0 bridgehead atoms. The Labute approximate surface area is 173 Å². The van der Waals surface area contributed by atoms with Gasteiger partial charge in [-0.15, -0.1) is 0 Å². The minimum Gasteiger partial charge on any atom is -0.369 e. The van der Waals surface area contributed by atoms with Gasteiger partial charge >= 0.3 is 0 Å². The number of hydrogen-bond donors (Lipinski definition) is 1. The fourth-order valence-corrected chi connectivity index (χ4v) is 4.31. The Morgan fingerprint density at radius 1 is 1.00 bits per heavy atom. The SMILES string of the molecule is CC(C(=O)Nc1cccc(S(=O)(=O)N(C)C)c1)N1CCN(c2ccccc2)CC1. The Balaban J connectivity index is 1.60. The molecule has 1 amide bonds. The first-order valence-corrected chi connectivity index (χ1v) is 11.1. The molecule has 156 valence electrons. The molecule has 0 saturated carbocycles. The maximum Gasteiger partial charge on any atom is 0.242 e. The van der Waals surface area contributed by atoms with Gasteiger partial charge in [0.15, 0.2) is 0 Å². The van der Waals surface area contributed by atoms with Crippen LogP contribution in [0.3, 0.4) is 0 Å². The van der Waals surface area contributed by atoms with Gasteiger partial charge in [-0.25, -0.2) is 12.7 Å². The predicted octanol–water partition coefficient (Wildman–Crippen LogP) is 2.09. The number of anilines is 2. The molecule has 1 N–H and O–H groups in total. The van der Waals surface area contributed by atoms with Gasteiger partial charge in [0.1, 0.15) is 0 Å². The van der Waals surface area contributed by atoms with Gasteiger partial charge in [0.05, 0.1) is 10.9 Å². The second kappa shape index (κ2) is 8.94. The molecule has 0 spiro atoms. The second-order valence-corrected chi connectivity index (χ2v) is 9.49. The van der Waals surface area contributed by atoms with Crippen molar-refractivity contribution >= 4 is 27.3 Å². The number of hydrogen-bond acceptors (Lipinski definition) is 5. The highest BCUT2D eigenvalue weighted by Crippen LogP contribution is 2.20. The van der Waals surface area contributed by atoms with E-state index in [0.717, 1.165) is 30.5 Å². The van der Waals surface area contributed by atoms with Crippen molar-refractivity contribution in [1.29, 1.82) is 0 Å². The van der Waals surface area contributed by atoms with Crippen LogP contribution < -0.4 is 10.2 Å². The Morgan fingerprint density at radius 2 is 1.66 bits per heavy atom. The van der Waals surface area contributed by atoms with Crippen LogP contribution in [0.2, 0.25) is 0 Å². The largest absolute Gasteiger partial charge is 0.369 e. The summed E-state index contributed by atoms with van der Waals surface area (Å²) in [4.78, 5) is 17.4. The number of carbonyl (C=O) groups is 1. The highest BCUT2D eigenvalue weighted by Gasteiger charge is 2.26. The number of carbonyl (C=O) groups excluding carboxylic acids is 1. The molecule has 2 aromatic rings. The van der Waals surface area contributed by atoms with E-state index in [0.29, 0.717) is 5.69 Å². The van der Waals surface area contributed by atoms with Gasteiger partial charge < -0.3 is 10.2 Å². The lowest BCUT2D eigenvalue weighted by molar-refractivity contribution is -0.120. The highest BCUT2D eigenvalue weighted by molar-refractivity contribution is 7.89. The van der Waals surface area contributed by atoms with Crippen LogP contribution in [0.1, 0.15) is 6.92 Å². The predicted molar refractivity (Wildman–Crippen MR) is 116 cm³/mol. The van der Waals surface area contributed by atoms with E-state index in [4.69, 9.17) is 0 Å². The number of amides is 1. The van der Waals surface area contributed by atoms with Crippen molar-refractivity contribution < 1.29 is 13.2 Å². The van der Waals surface area contributed by atoms with Crippen LogP contribution in [0, 0.1) is 0 Å². The Hall–Kier alpha value is -2.42. The molecule has 0 aromatic heterocycles. The van der Waals surface area contributed by atoms with E-state index in [1.54, 1.807) is 12.1 Å². The van der Waals surface area contributed by atoms with Crippen LogP contribution in [0.15, 0.2) is 59.5 Å². The van der Waals surface area contributed by atoms with Crippen LogP contribution in [-0.2, 0) is 14.8 Å². The summed E-state index contributed by atoms with van der Waals surface area (Å²) >= 11 is 0. The van der Waals surface area contributed by atoms with E-state index < -0.39 is 10.0 Å². The quantitative estimate of drug-likeness (QED) is 0.781. The number of sulfonamides is 1. The van der Waals surface area contributed by atoms with Gasteiger partial charge in [0.2, 0.25) is 15.9 Å². The molecular formula is C21H28N4O3S. The van der Waals surface area contributed by atoms with Crippen molar-refractivity contribution in [3.05, 3.63) is 54.6 Å². The molecule has 8 heteroatoms. The maximum atomic E-state index is 12.7. The zero-order valence-corrected chi connectivity index (χ0v) is 17.9. The number of nitrogens with zero attached hydrogens (tertiary/aromatic N) is 3. The van der Waals surface area contributed by atoms with Crippen molar-refractivity contribution in [2.75, 3.05) is 50.5 Å². The van der Waals surface area contributed by atoms with E-state index in [1.807, 2.05) is 25.1 Å². The van der Waals surface area contributed by atoms with Crippen LogP contribution in [-0.4, -0.2) is 69.8 Å². The topological polar surface area (TPSA) is 73.0 Å². The number of piperazine rings is 1. The van der Waals surface area contributed by atoms with E-state index in [2.05, 4.69) is 27.2 Å².